The van der Waals surface area contributed by atoms with Gasteiger partial charge in [0.05, 0.1) is 6.54 Å². The van der Waals surface area contributed by atoms with Gasteiger partial charge in [0.15, 0.2) is 0 Å². The van der Waals surface area contributed by atoms with Crippen molar-refractivity contribution in [3.63, 3.8) is 0 Å². The number of carbonyl (C=O) groups excluding carboxylic acids is 1. The molecule has 156 valence electrons. The quantitative estimate of drug-likeness (QED) is 0.710. The summed E-state index contributed by atoms with van der Waals surface area (Å²) in [5, 5.41) is 7.17. The normalized spacial score (nSPS) is 14.1. The Kier molecular flexibility index (Phi) is 5.97. The third-order valence-electron chi connectivity index (χ3n) is 5.76. The van der Waals surface area contributed by atoms with Gasteiger partial charge in [-0.05, 0) is 42.2 Å². The molecule has 3 aromatic rings. The lowest BCUT2D eigenvalue weighted by Crippen LogP contribution is -2.51. The van der Waals surface area contributed by atoms with E-state index < -0.39 is 0 Å². The Morgan fingerprint density at radius 2 is 1.73 bits per heavy atom. The van der Waals surface area contributed by atoms with Crippen molar-refractivity contribution in [2.45, 2.75) is 26.9 Å². The number of urea groups is 1. The third-order valence-corrected chi connectivity index (χ3v) is 5.76. The molecule has 1 fully saturated rings. The predicted octanol–water partition coefficient (Wildman–Crippen LogP) is 2.98. The lowest BCUT2D eigenvalue weighted by molar-refractivity contribution is 0.194. The molecular formula is C23H28N6O. The number of amides is 2. The molecule has 30 heavy (non-hydrogen) atoms. The molecule has 7 nitrogen and oxygen atoms in total. The molecule has 7 heteroatoms. The van der Waals surface area contributed by atoms with Gasteiger partial charge in [0.2, 0.25) is 0 Å². The first-order valence-electron chi connectivity index (χ1n) is 10.3. The van der Waals surface area contributed by atoms with Crippen molar-refractivity contribution in [1.82, 2.24) is 25.0 Å². The molecule has 2 heterocycles. The maximum atomic E-state index is 12.6. The molecule has 0 aliphatic carbocycles. The van der Waals surface area contributed by atoms with E-state index in [1.54, 1.807) is 11.0 Å². The first kappa shape index (κ1) is 19.9. The Labute approximate surface area is 177 Å². The van der Waals surface area contributed by atoms with E-state index in [2.05, 4.69) is 64.5 Å². The summed E-state index contributed by atoms with van der Waals surface area (Å²) in [5.74, 6) is 0. The van der Waals surface area contributed by atoms with Gasteiger partial charge in [-0.2, -0.15) is 5.10 Å². The van der Waals surface area contributed by atoms with Gasteiger partial charge in [0.1, 0.15) is 12.7 Å². The minimum absolute atomic E-state index is 0.00214. The van der Waals surface area contributed by atoms with Crippen LogP contribution < -0.4 is 10.2 Å². The summed E-state index contributed by atoms with van der Waals surface area (Å²) in [6, 6.07) is 14.6. The molecule has 1 aromatic heterocycles. The van der Waals surface area contributed by atoms with Gasteiger partial charge < -0.3 is 15.1 Å². The highest BCUT2D eigenvalue weighted by Gasteiger charge is 2.22. The van der Waals surface area contributed by atoms with Crippen molar-refractivity contribution in [1.29, 1.82) is 0 Å². The van der Waals surface area contributed by atoms with Crippen molar-refractivity contribution in [2.75, 3.05) is 31.1 Å². The second-order valence-corrected chi connectivity index (χ2v) is 7.76. The summed E-state index contributed by atoms with van der Waals surface area (Å²) in [7, 11) is 0. The van der Waals surface area contributed by atoms with E-state index in [0.717, 1.165) is 37.3 Å². The highest BCUT2D eigenvalue weighted by molar-refractivity contribution is 5.74. The Morgan fingerprint density at radius 3 is 2.43 bits per heavy atom. The summed E-state index contributed by atoms with van der Waals surface area (Å²) < 4.78 is 1.79. The monoisotopic (exact) mass is 404 g/mol. The number of nitrogens with one attached hydrogen (secondary N) is 1. The third kappa shape index (κ3) is 4.62. The summed E-state index contributed by atoms with van der Waals surface area (Å²) in [6.07, 6.45) is 3.24. The Balaban J connectivity index is 1.25. The number of aromatic nitrogens is 3. The van der Waals surface area contributed by atoms with E-state index in [1.165, 1.54) is 23.1 Å². The van der Waals surface area contributed by atoms with Gasteiger partial charge in [0, 0.05) is 38.4 Å². The smallest absolute Gasteiger partial charge is 0.317 e. The molecular weight excluding hydrogens is 376 g/mol. The van der Waals surface area contributed by atoms with Gasteiger partial charge >= 0.3 is 6.03 Å². The Hall–Kier alpha value is -3.35. The standard InChI is InChI=1S/C23H28N6O/c1-18-4-3-5-22(19(18)2)27-10-12-28(13-11-27)23(30)25-14-20-6-8-21(9-7-20)15-29-17-24-16-26-29/h3-9,16-17H,10-15H2,1-2H3,(H,25,30). The SMILES string of the molecule is Cc1cccc(N2CCN(C(=O)NCc3ccc(Cn4cncn4)cc3)CC2)c1C. The van der Waals surface area contributed by atoms with Crippen molar-refractivity contribution >= 4 is 11.7 Å². The molecule has 0 bridgehead atoms. The first-order valence-corrected chi connectivity index (χ1v) is 10.3. The average molecular weight is 405 g/mol. The first-order chi connectivity index (χ1) is 14.6. The van der Waals surface area contributed by atoms with Crippen LogP contribution in [0.2, 0.25) is 0 Å². The number of nitrogens with zero attached hydrogens (tertiary/aromatic N) is 5. The van der Waals surface area contributed by atoms with Crippen LogP contribution in [-0.4, -0.2) is 51.9 Å². The average Bonchev–Trinajstić information content (AvgIpc) is 3.28. The molecule has 1 saturated heterocycles. The minimum atomic E-state index is 0.00214. The van der Waals surface area contributed by atoms with Gasteiger partial charge in [-0.1, -0.05) is 36.4 Å². The van der Waals surface area contributed by atoms with Gasteiger partial charge in [0.25, 0.3) is 0 Å². The van der Waals surface area contributed by atoms with Crippen LogP contribution in [-0.2, 0) is 13.1 Å². The minimum Gasteiger partial charge on any atom is -0.368 e. The Morgan fingerprint density at radius 1 is 1.00 bits per heavy atom. The highest BCUT2D eigenvalue weighted by atomic mass is 16.2. The van der Waals surface area contributed by atoms with E-state index in [4.69, 9.17) is 0 Å². The van der Waals surface area contributed by atoms with E-state index >= 15 is 0 Å². The van der Waals surface area contributed by atoms with Crippen molar-refractivity contribution in [3.8, 4) is 0 Å². The molecule has 2 amide bonds. The molecule has 0 spiro atoms. The fraction of sp³-hybridized carbons (Fsp3) is 0.348. The van der Waals surface area contributed by atoms with Crippen LogP contribution in [0.1, 0.15) is 22.3 Å². The molecule has 4 rings (SSSR count). The van der Waals surface area contributed by atoms with E-state index in [9.17, 15) is 4.79 Å². The second kappa shape index (κ2) is 8.98. The molecule has 1 aliphatic heterocycles. The molecule has 2 aromatic carbocycles. The van der Waals surface area contributed by atoms with Crippen molar-refractivity contribution < 1.29 is 4.79 Å². The fourth-order valence-electron chi connectivity index (χ4n) is 3.78. The number of hydrogen-bond acceptors (Lipinski definition) is 4. The molecule has 0 unspecified atom stereocenters. The maximum absolute atomic E-state index is 12.6. The predicted molar refractivity (Wildman–Crippen MR) is 118 cm³/mol. The summed E-state index contributed by atoms with van der Waals surface area (Å²) in [4.78, 5) is 20.8. The van der Waals surface area contributed by atoms with E-state index in [1.807, 2.05) is 17.0 Å². The van der Waals surface area contributed by atoms with Crippen LogP contribution in [0, 0.1) is 13.8 Å². The number of benzene rings is 2. The number of hydrogen-bond donors (Lipinski definition) is 1. The van der Waals surface area contributed by atoms with Gasteiger partial charge in [-0.3, -0.25) is 0 Å². The van der Waals surface area contributed by atoms with Gasteiger partial charge in [-0.15, -0.1) is 0 Å². The zero-order valence-corrected chi connectivity index (χ0v) is 17.6. The van der Waals surface area contributed by atoms with E-state index in [-0.39, 0.29) is 6.03 Å². The highest BCUT2D eigenvalue weighted by Crippen LogP contribution is 2.23. The van der Waals surface area contributed by atoms with Crippen LogP contribution in [0.25, 0.3) is 0 Å². The number of anilines is 1. The molecule has 0 atom stereocenters. The lowest BCUT2D eigenvalue weighted by atomic mass is 10.1. The number of rotatable bonds is 5. The summed E-state index contributed by atoms with van der Waals surface area (Å²) >= 11 is 0. The molecule has 1 N–H and O–H groups in total. The zero-order chi connectivity index (χ0) is 20.9. The van der Waals surface area contributed by atoms with Gasteiger partial charge in [-0.25, -0.2) is 14.5 Å². The largest absolute Gasteiger partial charge is 0.368 e. The van der Waals surface area contributed by atoms with Crippen LogP contribution in [0.15, 0.2) is 55.1 Å². The summed E-state index contributed by atoms with van der Waals surface area (Å²) in [5.41, 5.74) is 6.14. The van der Waals surface area contributed by atoms with Crippen LogP contribution in [0.3, 0.4) is 0 Å². The molecule has 0 saturated carbocycles. The Bertz CT molecular complexity index is 975. The van der Waals surface area contributed by atoms with Crippen LogP contribution in [0.5, 0.6) is 0 Å². The molecule has 0 radical (unpaired) electrons. The molecule has 1 aliphatic rings. The number of carbonyl (C=O) groups is 1. The zero-order valence-electron chi connectivity index (χ0n) is 17.6. The van der Waals surface area contributed by atoms with Crippen molar-refractivity contribution in [3.05, 3.63) is 77.4 Å². The topological polar surface area (TPSA) is 66.3 Å². The second-order valence-electron chi connectivity index (χ2n) is 7.76. The fourth-order valence-corrected chi connectivity index (χ4v) is 3.78. The van der Waals surface area contributed by atoms with Crippen LogP contribution >= 0.6 is 0 Å². The van der Waals surface area contributed by atoms with Crippen LogP contribution in [0.4, 0.5) is 10.5 Å². The van der Waals surface area contributed by atoms with E-state index in [0.29, 0.717) is 13.1 Å². The lowest BCUT2D eigenvalue weighted by Gasteiger charge is -2.37. The van der Waals surface area contributed by atoms with Crippen molar-refractivity contribution in [2.24, 2.45) is 0 Å². The number of piperazine rings is 1. The summed E-state index contributed by atoms with van der Waals surface area (Å²) in [6.45, 7) is 8.71. The number of aryl methyl sites for hydroxylation is 1. The maximum Gasteiger partial charge on any atom is 0.317 e.